The van der Waals surface area contributed by atoms with E-state index in [1.54, 1.807) is 12.1 Å². The highest BCUT2D eigenvalue weighted by molar-refractivity contribution is 7.89. The number of ether oxygens (including phenoxy) is 1. The average molecular weight is 421 g/mol. The van der Waals surface area contributed by atoms with E-state index in [0.29, 0.717) is 0 Å². The van der Waals surface area contributed by atoms with E-state index in [-0.39, 0.29) is 27.2 Å². The molecule has 0 saturated carbocycles. The van der Waals surface area contributed by atoms with Crippen molar-refractivity contribution in [2.45, 2.75) is 11.8 Å². The fraction of sp³-hybridized carbons (Fsp3) is 0.0556. The van der Waals surface area contributed by atoms with E-state index in [4.69, 9.17) is 16.3 Å². The lowest BCUT2D eigenvalue weighted by Crippen LogP contribution is -2.18. The number of aromatic nitrogens is 2. The van der Waals surface area contributed by atoms with Crippen LogP contribution in [0.1, 0.15) is 11.3 Å². The molecule has 0 amide bonds. The average Bonchev–Trinajstić information content (AvgIpc) is 2.65. The molecule has 0 spiro atoms. The Hall–Kier alpha value is -3.04. The van der Waals surface area contributed by atoms with E-state index < -0.39 is 15.8 Å². The summed E-state index contributed by atoms with van der Waals surface area (Å²) in [5.41, 5.74) is 1.14. The topological polar surface area (TPSA) is 93.5 Å². The Bertz CT molecular complexity index is 1120. The molecule has 7 nitrogen and oxygen atoms in total. The smallest absolute Gasteiger partial charge is 0.276 e. The number of rotatable bonds is 6. The van der Waals surface area contributed by atoms with Gasteiger partial charge < -0.3 is 4.74 Å². The van der Waals surface area contributed by atoms with Crippen LogP contribution in [-0.4, -0.2) is 24.6 Å². The SMILES string of the molecule is Cc1ccc(S(=O)(=O)N/N=C/c2cncc(Oc3ccc(Cl)cc3F)n2)cc1. The summed E-state index contributed by atoms with van der Waals surface area (Å²) in [5, 5.41) is 3.91. The van der Waals surface area contributed by atoms with Crippen LogP contribution in [0.2, 0.25) is 5.02 Å². The monoisotopic (exact) mass is 420 g/mol. The van der Waals surface area contributed by atoms with E-state index >= 15 is 0 Å². The summed E-state index contributed by atoms with van der Waals surface area (Å²) >= 11 is 5.69. The molecule has 3 aromatic rings. The molecule has 0 unspecified atom stereocenters. The Labute approximate surface area is 165 Å². The Morgan fingerprint density at radius 3 is 2.64 bits per heavy atom. The van der Waals surface area contributed by atoms with Crippen LogP contribution in [0.3, 0.4) is 0 Å². The standard InChI is InChI=1S/C18H14ClFN4O3S/c1-12-2-5-15(6-3-12)28(25,26)24-22-10-14-9-21-11-18(23-14)27-17-7-4-13(19)8-16(17)20/h2-11,24H,1H3/b22-10+. The Kier molecular flexibility index (Phi) is 5.86. The minimum absolute atomic E-state index is 0.00608. The number of halogens is 2. The summed E-state index contributed by atoms with van der Waals surface area (Å²) in [6.45, 7) is 1.85. The number of hydrogen-bond acceptors (Lipinski definition) is 6. The van der Waals surface area contributed by atoms with Crippen molar-refractivity contribution in [3.05, 3.63) is 77.0 Å². The van der Waals surface area contributed by atoms with Gasteiger partial charge in [0.25, 0.3) is 10.0 Å². The van der Waals surface area contributed by atoms with E-state index in [1.165, 1.54) is 36.7 Å². The largest absolute Gasteiger partial charge is 0.434 e. The number of hydrazone groups is 1. The number of hydrogen-bond donors (Lipinski definition) is 1. The molecule has 2 aromatic carbocycles. The van der Waals surface area contributed by atoms with Gasteiger partial charge in [-0.05, 0) is 37.3 Å². The van der Waals surface area contributed by atoms with Gasteiger partial charge in [0.1, 0.15) is 5.69 Å². The quantitative estimate of drug-likeness (QED) is 0.485. The van der Waals surface area contributed by atoms with E-state index in [2.05, 4.69) is 19.9 Å². The van der Waals surface area contributed by atoms with E-state index in [1.807, 2.05) is 6.92 Å². The van der Waals surface area contributed by atoms with Crippen molar-refractivity contribution in [2.24, 2.45) is 5.10 Å². The van der Waals surface area contributed by atoms with Crippen molar-refractivity contribution >= 4 is 27.8 Å². The summed E-state index contributed by atoms with van der Waals surface area (Å²) in [4.78, 5) is 10.1. The fourth-order valence-electron chi connectivity index (χ4n) is 2.08. The second-order valence-electron chi connectivity index (χ2n) is 5.62. The van der Waals surface area contributed by atoms with Gasteiger partial charge in [0.15, 0.2) is 11.6 Å². The van der Waals surface area contributed by atoms with E-state index in [0.717, 1.165) is 17.8 Å². The third-order valence-electron chi connectivity index (χ3n) is 3.44. The molecule has 0 saturated heterocycles. The van der Waals surface area contributed by atoms with Crippen molar-refractivity contribution in [1.82, 2.24) is 14.8 Å². The minimum atomic E-state index is -3.81. The first-order valence-electron chi connectivity index (χ1n) is 7.90. The number of nitrogens with zero attached hydrogens (tertiary/aromatic N) is 3. The zero-order valence-corrected chi connectivity index (χ0v) is 16.1. The first-order chi connectivity index (χ1) is 13.3. The highest BCUT2D eigenvalue weighted by atomic mass is 35.5. The van der Waals surface area contributed by atoms with Crippen LogP contribution in [0.15, 0.2) is 64.9 Å². The molecular weight excluding hydrogens is 407 g/mol. The Morgan fingerprint density at radius 2 is 1.93 bits per heavy atom. The number of sulfonamides is 1. The maximum atomic E-state index is 13.8. The summed E-state index contributed by atoms with van der Waals surface area (Å²) in [5.74, 6) is -0.723. The van der Waals surface area contributed by atoms with Crippen LogP contribution in [0.25, 0.3) is 0 Å². The molecule has 1 N–H and O–H groups in total. The Balaban J connectivity index is 1.71. The lowest BCUT2D eigenvalue weighted by atomic mass is 10.2. The molecule has 1 heterocycles. The normalized spacial score (nSPS) is 11.5. The van der Waals surface area contributed by atoms with Crippen molar-refractivity contribution < 1.29 is 17.5 Å². The van der Waals surface area contributed by atoms with Gasteiger partial charge in [-0.15, -0.1) is 0 Å². The van der Waals surface area contributed by atoms with Crippen LogP contribution in [-0.2, 0) is 10.0 Å². The van der Waals surface area contributed by atoms with Gasteiger partial charge in [-0.3, -0.25) is 4.98 Å². The van der Waals surface area contributed by atoms with Crippen molar-refractivity contribution in [3.63, 3.8) is 0 Å². The summed E-state index contributed by atoms with van der Waals surface area (Å²) in [6, 6.07) is 10.2. The summed E-state index contributed by atoms with van der Waals surface area (Å²) in [7, 11) is -3.81. The molecule has 1 aromatic heterocycles. The minimum Gasteiger partial charge on any atom is -0.434 e. The third-order valence-corrected chi connectivity index (χ3v) is 4.91. The lowest BCUT2D eigenvalue weighted by Gasteiger charge is -2.06. The summed E-state index contributed by atoms with van der Waals surface area (Å²) in [6.07, 6.45) is 3.78. The molecular formula is C18H14ClFN4O3S. The van der Waals surface area contributed by atoms with Crippen LogP contribution >= 0.6 is 11.6 Å². The van der Waals surface area contributed by atoms with Gasteiger partial charge in [0.2, 0.25) is 5.88 Å². The molecule has 0 bridgehead atoms. The van der Waals surface area contributed by atoms with Gasteiger partial charge in [-0.1, -0.05) is 29.3 Å². The van der Waals surface area contributed by atoms with Crippen molar-refractivity contribution in [1.29, 1.82) is 0 Å². The molecule has 144 valence electrons. The first-order valence-corrected chi connectivity index (χ1v) is 9.76. The molecule has 0 aliphatic rings. The highest BCUT2D eigenvalue weighted by Crippen LogP contribution is 2.25. The Morgan fingerprint density at radius 1 is 1.18 bits per heavy atom. The predicted octanol–water partition coefficient (Wildman–Crippen LogP) is 3.68. The van der Waals surface area contributed by atoms with Crippen LogP contribution in [0.4, 0.5) is 4.39 Å². The van der Waals surface area contributed by atoms with Crippen LogP contribution < -0.4 is 9.57 Å². The van der Waals surface area contributed by atoms with Crippen LogP contribution in [0.5, 0.6) is 11.6 Å². The van der Waals surface area contributed by atoms with Gasteiger partial charge in [-0.25, -0.2) is 14.2 Å². The number of nitrogens with one attached hydrogen (secondary N) is 1. The molecule has 0 aliphatic heterocycles. The molecule has 3 rings (SSSR count). The highest BCUT2D eigenvalue weighted by Gasteiger charge is 2.12. The van der Waals surface area contributed by atoms with Crippen molar-refractivity contribution in [2.75, 3.05) is 0 Å². The maximum absolute atomic E-state index is 13.8. The van der Waals surface area contributed by atoms with Gasteiger partial charge in [-0.2, -0.15) is 13.5 Å². The third kappa shape index (κ3) is 5.02. The maximum Gasteiger partial charge on any atom is 0.276 e. The predicted molar refractivity (Wildman–Crippen MR) is 103 cm³/mol. The number of aryl methyl sites for hydroxylation is 1. The fourth-order valence-corrected chi connectivity index (χ4v) is 3.03. The number of benzene rings is 2. The molecule has 0 fully saturated rings. The molecule has 0 aliphatic carbocycles. The zero-order valence-electron chi connectivity index (χ0n) is 14.5. The van der Waals surface area contributed by atoms with Gasteiger partial charge >= 0.3 is 0 Å². The van der Waals surface area contributed by atoms with Crippen molar-refractivity contribution in [3.8, 4) is 11.6 Å². The molecule has 28 heavy (non-hydrogen) atoms. The zero-order chi connectivity index (χ0) is 20.1. The van der Waals surface area contributed by atoms with Gasteiger partial charge in [0, 0.05) is 5.02 Å². The lowest BCUT2D eigenvalue weighted by molar-refractivity contribution is 0.425. The first kappa shape index (κ1) is 19.7. The van der Waals surface area contributed by atoms with Crippen LogP contribution in [0, 0.1) is 12.7 Å². The molecule has 0 radical (unpaired) electrons. The second kappa shape index (κ2) is 8.32. The summed E-state index contributed by atoms with van der Waals surface area (Å²) < 4.78 is 43.5. The molecule has 10 heteroatoms. The van der Waals surface area contributed by atoms with E-state index in [9.17, 15) is 12.8 Å². The second-order valence-corrected chi connectivity index (χ2v) is 7.72. The molecule has 0 atom stereocenters. The van der Waals surface area contributed by atoms with Gasteiger partial charge in [0.05, 0.1) is 23.5 Å².